The molecule has 0 unspecified atom stereocenters. The predicted octanol–water partition coefficient (Wildman–Crippen LogP) is 2.85. The largest absolute Gasteiger partial charge is 0.380 e. The Labute approximate surface area is 125 Å². The Morgan fingerprint density at radius 3 is 2.95 bits per heavy atom. The first-order valence-electron chi connectivity index (χ1n) is 6.43. The van der Waals surface area contributed by atoms with E-state index in [4.69, 9.17) is 5.73 Å². The van der Waals surface area contributed by atoms with E-state index >= 15 is 0 Å². The third-order valence-electron chi connectivity index (χ3n) is 3.08. The van der Waals surface area contributed by atoms with Crippen LogP contribution in [0.2, 0.25) is 0 Å². The number of aromatic nitrogens is 2. The van der Waals surface area contributed by atoms with Crippen LogP contribution >= 0.6 is 11.3 Å². The van der Waals surface area contributed by atoms with Gasteiger partial charge in [0.25, 0.3) is 0 Å². The summed E-state index contributed by atoms with van der Waals surface area (Å²) in [5.41, 5.74) is 8.86. The molecule has 106 valence electrons. The van der Waals surface area contributed by atoms with E-state index in [1.807, 2.05) is 30.3 Å². The van der Waals surface area contributed by atoms with E-state index in [0.717, 1.165) is 21.8 Å². The highest BCUT2D eigenvalue weighted by atomic mass is 32.1. The molecule has 0 aliphatic carbocycles. The number of benzene rings is 1. The second kappa shape index (κ2) is 5.80. The molecule has 21 heavy (non-hydrogen) atoms. The van der Waals surface area contributed by atoms with Gasteiger partial charge in [0.2, 0.25) is 5.91 Å². The van der Waals surface area contributed by atoms with Crippen LogP contribution in [0.4, 0.5) is 5.69 Å². The average molecular weight is 298 g/mol. The van der Waals surface area contributed by atoms with E-state index in [0.29, 0.717) is 12.1 Å². The second-order valence-electron chi connectivity index (χ2n) is 4.57. The van der Waals surface area contributed by atoms with Gasteiger partial charge in [-0.05, 0) is 24.3 Å². The van der Waals surface area contributed by atoms with Crippen molar-refractivity contribution in [2.45, 2.75) is 6.54 Å². The topological polar surface area (TPSA) is 83.8 Å². The molecule has 0 bridgehead atoms. The highest BCUT2D eigenvalue weighted by Crippen LogP contribution is 2.22. The van der Waals surface area contributed by atoms with Gasteiger partial charge in [0.05, 0.1) is 11.3 Å². The van der Waals surface area contributed by atoms with Crippen molar-refractivity contribution in [1.29, 1.82) is 0 Å². The molecule has 1 amide bonds. The van der Waals surface area contributed by atoms with E-state index in [-0.39, 0.29) is 0 Å². The number of hydrogen-bond donors (Lipinski definition) is 3. The molecule has 5 nitrogen and oxygen atoms in total. The molecule has 0 aliphatic heterocycles. The molecule has 0 spiro atoms. The Kier molecular flexibility index (Phi) is 3.70. The maximum absolute atomic E-state index is 11.1. The molecule has 4 N–H and O–H groups in total. The average Bonchev–Trinajstić information content (AvgIpc) is 3.17. The summed E-state index contributed by atoms with van der Waals surface area (Å²) in [6.45, 7) is 0.657. The van der Waals surface area contributed by atoms with Gasteiger partial charge in [-0.2, -0.15) is 5.10 Å². The van der Waals surface area contributed by atoms with Gasteiger partial charge in [-0.3, -0.25) is 9.89 Å². The molecule has 0 aliphatic rings. The zero-order valence-electron chi connectivity index (χ0n) is 11.2. The van der Waals surface area contributed by atoms with Crippen LogP contribution in [0, 0.1) is 0 Å². The second-order valence-corrected chi connectivity index (χ2v) is 5.57. The fourth-order valence-corrected chi connectivity index (χ4v) is 2.82. The maximum atomic E-state index is 11.1. The number of thiophene rings is 1. The van der Waals surface area contributed by atoms with Gasteiger partial charge in [0, 0.05) is 34.2 Å². The van der Waals surface area contributed by atoms with Crippen molar-refractivity contribution >= 4 is 22.9 Å². The lowest BCUT2D eigenvalue weighted by molar-refractivity contribution is 0.100. The van der Waals surface area contributed by atoms with Crippen LogP contribution in [0.1, 0.15) is 15.2 Å². The van der Waals surface area contributed by atoms with Crippen LogP contribution in [-0.2, 0) is 6.54 Å². The number of hydrogen-bond acceptors (Lipinski definition) is 4. The summed E-state index contributed by atoms with van der Waals surface area (Å²) in [5.74, 6) is -0.390. The first kappa shape index (κ1) is 13.4. The molecule has 6 heteroatoms. The van der Waals surface area contributed by atoms with Gasteiger partial charge in [0.1, 0.15) is 0 Å². The zero-order valence-corrected chi connectivity index (χ0v) is 12.0. The third kappa shape index (κ3) is 3.11. The summed E-state index contributed by atoms with van der Waals surface area (Å²) in [5, 5.41) is 12.0. The summed E-state index contributed by atoms with van der Waals surface area (Å²) >= 11 is 1.52. The maximum Gasteiger partial charge on any atom is 0.249 e. The number of nitrogens with zero attached hydrogens (tertiary/aromatic N) is 1. The van der Waals surface area contributed by atoms with Crippen LogP contribution in [0.15, 0.2) is 48.0 Å². The van der Waals surface area contributed by atoms with Crippen LogP contribution < -0.4 is 11.1 Å². The molecule has 0 fully saturated rings. The summed E-state index contributed by atoms with van der Waals surface area (Å²) in [7, 11) is 0. The van der Waals surface area contributed by atoms with Gasteiger partial charge < -0.3 is 11.1 Å². The number of rotatable bonds is 5. The summed E-state index contributed by atoms with van der Waals surface area (Å²) in [6, 6.07) is 11.8. The molecule has 2 heterocycles. The number of H-pyrrole nitrogens is 1. The third-order valence-corrected chi connectivity index (χ3v) is 4.02. The summed E-state index contributed by atoms with van der Waals surface area (Å²) < 4.78 is 0. The van der Waals surface area contributed by atoms with Crippen LogP contribution in [0.25, 0.3) is 11.3 Å². The van der Waals surface area contributed by atoms with Crippen molar-refractivity contribution in [3.63, 3.8) is 0 Å². The Bertz CT molecular complexity index is 749. The molecule has 3 rings (SSSR count). The Morgan fingerprint density at radius 1 is 1.33 bits per heavy atom. The quantitative estimate of drug-likeness (QED) is 0.677. The fourth-order valence-electron chi connectivity index (χ4n) is 2.01. The summed E-state index contributed by atoms with van der Waals surface area (Å²) in [4.78, 5) is 12.1. The van der Waals surface area contributed by atoms with Gasteiger partial charge in [-0.25, -0.2) is 0 Å². The van der Waals surface area contributed by atoms with Crippen molar-refractivity contribution in [3.8, 4) is 11.3 Å². The minimum Gasteiger partial charge on any atom is -0.380 e. The highest BCUT2D eigenvalue weighted by Gasteiger charge is 2.05. The number of nitrogens with two attached hydrogens (primary N) is 1. The standard InChI is InChI=1S/C15H14N4OS/c16-15(20)11-7-13(21-9-11)8-17-12-3-1-2-10(6-12)14-4-5-18-19-14/h1-7,9,17H,8H2,(H2,16,20)(H,18,19). The number of amides is 1. The van der Waals surface area contributed by atoms with Crippen molar-refractivity contribution in [2.75, 3.05) is 5.32 Å². The normalized spacial score (nSPS) is 10.5. The first-order chi connectivity index (χ1) is 10.2. The minimum absolute atomic E-state index is 0.390. The van der Waals surface area contributed by atoms with E-state index in [1.54, 1.807) is 11.6 Å². The Morgan fingerprint density at radius 2 is 2.24 bits per heavy atom. The van der Waals surface area contributed by atoms with E-state index < -0.39 is 5.91 Å². The molecule has 3 aromatic rings. The van der Waals surface area contributed by atoms with Crippen molar-refractivity contribution in [3.05, 3.63) is 58.4 Å². The SMILES string of the molecule is NC(=O)c1csc(CNc2cccc(-c3ccn[nH]3)c2)c1. The van der Waals surface area contributed by atoms with E-state index in [9.17, 15) is 4.79 Å². The van der Waals surface area contributed by atoms with E-state index in [1.165, 1.54) is 11.3 Å². The molecular formula is C15H14N4OS. The van der Waals surface area contributed by atoms with Gasteiger partial charge in [-0.1, -0.05) is 12.1 Å². The van der Waals surface area contributed by atoms with Crippen molar-refractivity contribution < 1.29 is 4.79 Å². The number of primary amides is 1. The van der Waals surface area contributed by atoms with Gasteiger partial charge in [0.15, 0.2) is 0 Å². The molecule has 0 atom stereocenters. The number of aromatic amines is 1. The fraction of sp³-hybridized carbons (Fsp3) is 0.0667. The number of carbonyl (C=O) groups excluding carboxylic acids is 1. The number of carbonyl (C=O) groups is 1. The highest BCUT2D eigenvalue weighted by molar-refractivity contribution is 7.10. The Balaban J connectivity index is 1.70. The molecule has 1 aromatic carbocycles. The lowest BCUT2D eigenvalue weighted by Crippen LogP contribution is -2.09. The van der Waals surface area contributed by atoms with Crippen molar-refractivity contribution in [2.24, 2.45) is 5.73 Å². The van der Waals surface area contributed by atoms with E-state index in [2.05, 4.69) is 21.6 Å². The Hall–Kier alpha value is -2.60. The molecule has 0 saturated heterocycles. The first-order valence-corrected chi connectivity index (χ1v) is 7.31. The van der Waals surface area contributed by atoms with Gasteiger partial charge in [-0.15, -0.1) is 11.3 Å². The minimum atomic E-state index is -0.390. The molecule has 2 aromatic heterocycles. The molecule has 0 radical (unpaired) electrons. The monoisotopic (exact) mass is 298 g/mol. The molecule has 0 saturated carbocycles. The lowest BCUT2D eigenvalue weighted by atomic mass is 10.1. The summed E-state index contributed by atoms with van der Waals surface area (Å²) in [6.07, 6.45) is 1.73. The number of nitrogens with one attached hydrogen (secondary N) is 2. The number of anilines is 1. The van der Waals surface area contributed by atoms with Gasteiger partial charge >= 0.3 is 0 Å². The zero-order chi connectivity index (χ0) is 14.7. The van der Waals surface area contributed by atoms with Crippen LogP contribution in [-0.4, -0.2) is 16.1 Å². The lowest BCUT2D eigenvalue weighted by Gasteiger charge is -2.06. The molecular weight excluding hydrogens is 284 g/mol. The van der Waals surface area contributed by atoms with Crippen LogP contribution in [0.5, 0.6) is 0 Å². The van der Waals surface area contributed by atoms with Crippen molar-refractivity contribution in [1.82, 2.24) is 10.2 Å². The smallest absolute Gasteiger partial charge is 0.249 e. The van der Waals surface area contributed by atoms with Crippen LogP contribution in [0.3, 0.4) is 0 Å². The predicted molar refractivity (Wildman–Crippen MR) is 84.2 cm³/mol.